The van der Waals surface area contributed by atoms with Crippen LogP contribution in [0.25, 0.3) is 16.7 Å². The van der Waals surface area contributed by atoms with Crippen molar-refractivity contribution in [2.75, 3.05) is 18.1 Å². The number of fused-ring (bicyclic) bond motifs is 1. The van der Waals surface area contributed by atoms with Crippen molar-refractivity contribution in [1.82, 2.24) is 5.43 Å². The van der Waals surface area contributed by atoms with E-state index in [0.717, 1.165) is 29.7 Å². The standard InChI is InChI=1S/C30H33N3O2/c1-5-17-33-28-16-11-23(18-27(28)22(2)19-30(33,3)4)20-31-32-29(34)21-35-26-14-12-25(13-15-26)24-9-7-6-8-10-24/h6-16,18-20H,5,17,21H2,1-4H3,(H,32,34)/b31-20+. The number of nitrogens with zero attached hydrogens (tertiary/aromatic N) is 2. The van der Waals surface area contributed by atoms with Gasteiger partial charge in [0.05, 0.1) is 11.8 Å². The summed E-state index contributed by atoms with van der Waals surface area (Å²) in [6, 6.07) is 24.1. The number of hydrogen-bond donors (Lipinski definition) is 1. The third-order valence-corrected chi connectivity index (χ3v) is 6.18. The molecule has 35 heavy (non-hydrogen) atoms. The lowest BCUT2D eigenvalue weighted by Gasteiger charge is -2.43. The van der Waals surface area contributed by atoms with Gasteiger partial charge in [-0.3, -0.25) is 4.79 Å². The van der Waals surface area contributed by atoms with Crippen LogP contribution in [0.15, 0.2) is 84.0 Å². The molecule has 180 valence electrons. The van der Waals surface area contributed by atoms with Gasteiger partial charge < -0.3 is 9.64 Å². The Morgan fingerprint density at radius 1 is 1.03 bits per heavy atom. The summed E-state index contributed by atoms with van der Waals surface area (Å²) >= 11 is 0. The lowest BCUT2D eigenvalue weighted by molar-refractivity contribution is -0.123. The Balaban J connectivity index is 1.33. The second-order valence-corrected chi connectivity index (χ2v) is 9.38. The van der Waals surface area contributed by atoms with Gasteiger partial charge in [0.25, 0.3) is 5.91 Å². The largest absolute Gasteiger partial charge is 0.484 e. The SMILES string of the molecule is CCCN1c2ccc(/C=N/NC(=O)COc3ccc(-c4ccccc4)cc3)cc2C(C)=CC1(C)C. The number of hydrogen-bond acceptors (Lipinski definition) is 4. The molecule has 0 saturated carbocycles. The second-order valence-electron chi connectivity index (χ2n) is 9.38. The molecule has 1 aliphatic rings. The number of rotatable bonds is 8. The van der Waals surface area contributed by atoms with Crippen LogP contribution in [-0.4, -0.2) is 30.8 Å². The predicted molar refractivity (Wildman–Crippen MR) is 145 cm³/mol. The van der Waals surface area contributed by atoms with Crippen molar-refractivity contribution in [3.63, 3.8) is 0 Å². The van der Waals surface area contributed by atoms with E-state index in [2.05, 4.69) is 73.5 Å². The molecule has 0 aliphatic carbocycles. The molecule has 0 fully saturated rings. The fourth-order valence-corrected chi connectivity index (χ4v) is 4.55. The summed E-state index contributed by atoms with van der Waals surface area (Å²) < 4.78 is 5.61. The summed E-state index contributed by atoms with van der Waals surface area (Å²) in [5.74, 6) is 0.332. The molecule has 0 aromatic heterocycles. The number of hydrazone groups is 1. The zero-order valence-electron chi connectivity index (χ0n) is 20.9. The van der Waals surface area contributed by atoms with Gasteiger partial charge >= 0.3 is 0 Å². The van der Waals surface area contributed by atoms with E-state index in [4.69, 9.17) is 4.74 Å². The number of anilines is 1. The lowest BCUT2D eigenvalue weighted by Crippen LogP contribution is -2.45. The molecule has 1 amide bonds. The molecule has 5 nitrogen and oxygen atoms in total. The van der Waals surface area contributed by atoms with Gasteiger partial charge in [-0.25, -0.2) is 5.43 Å². The van der Waals surface area contributed by atoms with Crippen molar-refractivity contribution in [1.29, 1.82) is 0 Å². The highest BCUT2D eigenvalue weighted by Crippen LogP contribution is 2.39. The summed E-state index contributed by atoms with van der Waals surface area (Å²) in [6.45, 7) is 9.75. The van der Waals surface area contributed by atoms with E-state index in [9.17, 15) is 4.79 Å². The van der Waals surface area contributed by atoms with Crippen LogP contribution < -0.4 is 15.1 Å². The number of allylic oxidation sites excluding steroid dienone is 1. The van der Waals surface area contributed by atoms with Crippen LogP contribution in [0.1, 0.15) is 45.2 Å². The van der Waals surface area contributed by atoms with Crippen molar-refractivity contribution in [2.24, 2.45) is 5.10 Å². The number of nitrogens with one attached hydrogen (secondary N) is 1. The second kappa shape index (κ2) is 10.6. The molecule has 0 atom stereocenters. The Hall–Kier alpha value is -3.86. The minimum Gasteiger partial charge on any atom is -0.484 e. The maximum atomic E-state index is 12.2. The summed E-state index contributed by atoms with van der Waals surface area (Å²) in [5.41, 5.74) is 9.41. The van der Waals surface area contributed by atoms with Crippen molar-refractivity contribution in [3.05, 3.63) is 90.0 Å². The van der Waals surface area contributed by atoms with Gasteiger partial charge in [-0.2, -0.15) is 5.10 Å². The fraction of sp³-hybridized carbons (Fsp3) is 0.267. The Morgan fingerprint density at radius 2 is 1.74 bits per heavy atom. The van der Waals surface area contributed by atoms with Gasteiger partial charge in [-0.15, -0.1) is 0 Å². The van der Waals surface area contributed by atoms with Crippen LogP contribution in [0.3, 0.4) is 0 Å². The first kappa shape index (κ1) is 24.3. The fourth-order valence-electron chi connectivity index (χ4n) is 4.55. The summed E-state index contributed by atoms with van der Waals surface area (Å²) in [7, 11) is 0. The summed E-state index contributed by atoms with van der Waals surface area (Å²) in [5, 5.41) is 4.13. The molecule has 0 spiro atoms. The van der Waals surface area contributed by atoms with Crippen LogP contribution in [0.2, 0.25) is 0 Å². The molecular formula is C30H33N3O2. The minimum atomic E-state index is -0.307. The van der Waals surface area contributed by atoms with Crippen LogP contribution in [0.5, 0.6) is 5.75 Å². The molecule has 1 heterocycles. The quantitative estimate of drug-likeness (QED) is 0.313. The molecule has 1 aliphatic heterocycles. The Kier molecular flexibility index (Phi) is 7.35. The third-order valence-electron chi connectivity index (χ3n) is 6.18. The van der Waals surface area contributed by atoms with E-state index in [0.29, 0.717) is 5.75 Å². The highest BCUT2D eigenvalue weighted by Gasteiger charge is 2.30. The topological polar surface area (TPSA) is 53.9 Å². The first-order valence-corrected chi connectivity index (χ1v) is 12.1. The third kappa shape index (κ3) is 5.80. The van der Waals surface area contributed by atoms with Crippen molar-refractivity contribution in [3.8, 4) is 16.9 Å². The smallest absolute Gasteiger partial charge is 0.277 e. The van der Waals surface area contributed by atoms with Crippen LogP contribution in [-0.2, 0) is 4.79 Å². The van der Waals surface area contributed by atoms with Crippen molar-refractivity contribution >= 4 is 23.4 Å². The molecule has 4 rings (SSSR count). The van der Waals surface area contributed by atoms with Crippen LogP contribution in [0.4, 0.5) is 5.69 Å². The predicted octanol–water partition coefficient (Wildman–Crippen LogP) is 6.29. The van der Waals surface area contributed by atoms with Crippen LogP contribution >= 0.6 is 0 Å². The van der Waals surface area contributed by atoms with E-state index < -0.39 is 0 Å². The summed E-state index contributed by atoms with van der Waals surface area (Å²) in [6.07, 6.45) is 5.08. The maximum Gasteiger partial charge on any atom is 0.277 e. The van der Waals surface area contributed by atoms with E-state index in [1.165, 1.54) is 16.8 Å². The van der Waals surface area contributed by atoms with Crippen molar-refractivity contribution in [2.45, 2.75) is 39.7 Å². The zero-order chi connectivity index (χ0) is 24.8. The van der Waals surface area contributed by atoms with E-state index in [1.54, 1.807) is 6.21 Å². The monoisotopic (exact) mass is 467 g/mol. The summed E-state index contributed by atoms with van der Waals surface area (Å²) in [4.78, 5) is 14.6. The van der Waals surface area contributed by atoms with E-state index >= 15 is 0 Å². The number of carbonyl (C=O) groups is 1. The molecule has 0 unspecified atom stereocenters. The Labute approximate surface area is 208 Å². The first-order chi connectivity index (χ1) is 16.9. The van der Waals surface area contributed by atoms with Gasteiger partial charge in [-0.05, 0) is 73.7 Å². The molecule has 3 aromatic carbocycles. The van der Waals surface area contributed by atoms with Crippen LogP contribution in [0, 0.1) is 0 Å². The Bertz CT molecular complexity index is 1230. The molecule has 0 bridgehead atoms. The van der Waals surface area contributed by atoms with Gasteiger partial charge in [-0.1, -0.05) is 61.5 Å². The number of ether oxygens (including phenoxy) is 1. The average molecular weight is 468 g/mol. The Morgan fingerprint density at radius 3 is 2.46 bits per heavy atom. The zero-order valence-corrected chi connectivity index (χ0v) is 20.9. The number of benzene rings is 3. The number of amides is 1. The van der Waals surface area contributed by atoms with Gasteiger partial charge in [0.15, 0.2) is 6.61 Å². The van der Waals surface area contributed by atoms with Gasteiger partial charge in [0, 0.05) is 17.8 Å². The maximum absolute atomic E-state index is 12.2. The molecule has 0 saturated heterocycles. The molecule has 0 radical (unpaired) electrons. The van der Waals surface area contributed by atoms with Gasteiger partial charge in [0.2, 0.25) is 0 Å². The molecular weight excluding hydrogens is 434 g/mol. The molecule has 3 aromatic rings. The lowest BCUT2D eigenvalue weighted by atomic mass is 9.88. The normalized spacial score (nSPS) is 14.4. The van der Waals surface area contributed by atoms with E-state index in [-0.39, 0.29) is 18.1 Å². The molecule has 5 heteroatoms. The average Bonchev–Trinajstić information content (AvgIpc) is 2.86. The highest BCUT2D eigenvalue weighted by molar-refractivity contribution is 5.88. The molecule has 1 N–H and O–H groups in total. The minimum absolute atomic E-state index is 0.0153. The highest BCUT2D eigenvalue weighted by atomic mass is 16.5. The van der Waals surface area contributed by atoms with E-state index in [1.807, 2.05) is 48.5 Å². The first-order valence-electron chi connectivity index (χ1n) is 12.1. The van der Waals surface area contributed by atoms with Crippen molar-refractivity contribution < 1.29 is 9.53 Å². The number of carbonyl (C=O) groups excluding carboxylic acids is 1. The van der Waals surface area contributed by atoms with Gasteiger partial charge in [0.1, 0.15) is 5.75 Å².